The summed E-state index contributed by atoms with van der Waals surface area (Å²) in [5.41, 5.74) is 0.801. The monoisotopic (exact) mass is 355 g/mol. The van der Waals surface area contributed by atoms with Gasteiger partial charge in [-0.25, -0.2) is 18.2 Å². The number of methoxy groups -OCH3 is 1. The number of thiazole rings is 1. The van der Waals surface area contributed by atoms with Crippen molar-refractivity contribution in [3.8, 4) is 5.19 Å². The van der Waals surface area contributed by atoms with Gasteiger partial charge in [0, 0.05) is 19.3 Å². The number of amides is 2. The zero-order valence-electron chi connectivity index (χ0n) is 11.8. The van der Waals surface area contributed by atoms with Gasteiger partial charge in [-0.05, 0) is 5.57 Å². The van der Waals surface area contributed by atoms with Crippen LogP contribution >= 0.6 is 11.3 Å². The first-order chi connectivity index (χ1) is 9.87. The van der Waals surface area contributed by atoms with Crippen molar-refractivity contribution >= 4 is 33.3 Å². The Morgan fingerprint density at radius 2 is 2.23 bits per heavy atom. The molecule has 22 heavy (non-hydrogen) atoms. The summed E-state index contributed by atoms with van der Waals surface area (Å²) in [6.07, 6.45) is 3.31. The Morgan fingerprint density at radius 1 is 1.50 bits per heavy atom. The van der Waals surface area contributed by atoms with E-state index >= 15 is 0 Å². The van der Waals surface area contributed by atoms with Gasteiger partial charge in [0.2, 0.25) is 10.4 Å². The van der Waals surface area contributed by atoms with Crippen LogP contribution in [-0.4, -0.2) is 60.2 Å². The van der Waals surface area contributed by atoms with Crippen molar-refractivity contribution in [2.75, 3.05) is 20.2 Å². The second-order valence-electron chi connectivity index (χ2n) is 4.43. The topological polar surface area (TPSA) is 112 Å². The van der Waals surface area contributed by atoms with Gasteiger partial charge in [-0.15, -0.1) is 0 Å². The summed E-state index contributed by atoms with van der Waals surface area (Å²) in [6.45, 7) is 0.563. The van der Waals surface area contributed by atoms with Crippen molar-refractivity contribution < 1.29 is 56.3 Å². The van der Waals surface area contributed by atoms with E-state index in [9.17, 15) is 17.8 Å². The molecule has 1 atom stereocenters. The van der Waals surface area contributed by atoms with Crippen LogP contribution in [0.4, 0.5) is 4.79 Å². The Bertz CT molecular complexity index is 718. The van der Waals surface area contributed by atoms with Crippen LogP contribution in [0, 0.1) is 0 Å². The van der Waals surface area contributed by atoms with Crippen LogP contribution in [0.3, 0.4) is 0 Å². The summed E-state index contributed by atoms with van der Waals surface area (Å²) in [6, 6.07) is -1.28. The van der Waals surface area contributed by atoms with Crippen molar-refractivity contribution in [1.82, 2.24) is 14.9 Å². The van der Waals surface area contributed by atoms with Crippen LogP contribution in [0.15, 0.2) is 12.3 Å². The molecule has 2 aliphatic rings. The molecule has 0 aliphatic carbocycles. The standard InChI is InChI=1S/C10H11N3O6S2.Na/c1-18-9-11-3-8(20-9)6-2-7-5-12(4-6)10(14)13(7)19-21(15,16)17;/h2-3,7H,4-5H2,1H3,(H,15,16,17);/q;+1/p-1. The van der Waals surface area contributed by atoms with E-state index in [1.54, 1.807) is 12.3 Å². The van der Waals surface area contributed by atoms with Crippen LogP contribution in [0.1, 0.15) is 4.88 Å². The van der Waals surface area contributed by atoms with Crippen molar-refractivity contribution in [3.05, 3.63) is 17.2 Å². The first-order valence-electron chi connectivity index (χ1n) is 5.82. The number of fused-ring (bicyclic) bond motifs is 2. The number of carbonyl (C=O) groups excluding carboxylic acids is 1. The average molecular weight is 355 g/mol. The summed E-state index contributed by atoms with van der Waals surface area (Å²) in [4.78, 5) is 18.2. The maximum atomic E-state index is 12.0. The van der Waals surface area contributed by atoms with Crippen LogP contribution < -0.4 is 34.3 Å². The number of nitrogens with zero attached hydrogens (tertiary/aromatic N) is 3. The second-order valence-corrected chi connectivity index (χ2v) is 6.38. The molecular formula is C10H10N3NaO6S2. The Labute approximate surface area is 152 Å². The van der Waals surface area contributed by atoms with Gasteiger partial charge in [-0.2, -0.15) is 9.35 Å². The molecular weight excluding hydrogens is 345 g/mol. The number of carbonyl (C=O) groups is 1. The fourth-order valence-corrected chi connectivity index (χ4v) is 3.37. The first-order valence-corrected chi connectivity index (χ1v) is 7.97. The van der Waals surface area contributed by atoms with Gasteiger partial charge in [-0.3, -0.25) is 0 Å². The van der Waals surface area contributed by atoms with Gasteiger partial charge in [0.05, 0.1) is 18.0 Å². The summed E-state index contributed by atoms with van der Waals surface area (Å²) < 4.78 is 41.3. The fraction of sp³-hybridized carbons (Fsp3) is 0.400. The molecule has 2 aliphatic heterocycles. The van der Waals surface area contributed by atoms with E-state index in [0.29, 0.717) is 16.8 Å². The third kappa shape index (κ3) is 3.45. The zero-order valence-corrected chi connectivity index (χ0v) is 15.4. The molecule has 0 radical (unpaired) electrons. The van der Waals surface area contributed by atoms with Crippen LogP contribution in [0.2, 0.25) is 0 Å². The Morgan fingerprint density at radius 3 is 2.82 bits per heavy atom. The van der Waals surface area contributed by atoms with Crippen LogP contribution in [-0.2, 0) is 14.7 Å². The van der Waals surface area contributed by atoms with Crippen molar-refractivity contribution in [2.24, 2.45) is 0 Å². The van der Waals surface area contributed by atoms with E-state index in [0.717, 1.165) is 10.5 Å². The number of urea groups is 1. The molecule has 0 aromatic carbocycles. The van der Waals surface area contributed by atoms with Crippen molar-refractivity contribution in [1.29, 1.82) is 0 Å². The minimum atomic E-state index is -4.99. The summed E-state index contributed by atoms with van der Waals surface area (Å²) in [5.74, 6) is 0. The molecule has 9 nitrogen and oxygen atoms in total. The molecule has 3 heterocycles. The van der Waals surface area contributed by atoms with Crippen molar-refractivity contribution in [3.63, 3.8) is 0 Å². The fourth-order valence-electron chi connectivity index (χ4n) is 2.25. The molecule has 114 valence electrons. The molecule has 1 aromatic heterocycles. The van der Waals surface area contributed by atoms with Gasteiger partial charge in [0.15, 0.2) is 0 Å². The van der Waals surface area contributed by atoms with Crippen molar-refractivity contribution in [2.45, 2.75) is 6.04 Å². The second kappa shape index (κ2) is 6.43. The van der Waals surface area contributed by atoms with E-state index in [1.165, 1.54) is 23.3 Å². The number of hydroxylamine groups is 2. The Kier molecular flexibility index (Phi) is 5.16. The SMILES string of the molecule is COc1ncc(C2=CC3CN(C2)C(=O)N3OS(=O)(=O)[O-])s1.[Na+]. The van der Waals surface area contributed by atoms with Gasteiger partial charge >= 0.3 is 35.6 Å². The van der Waals surface area contributed by atoms with E-state index in [1.807, 2.05) is 0 Å². The van der Waals surface area contributed by atoms with Gasteiger partial charge in [0.1, 0.15) is 0 Å². The van der Waals surface area contributed by atoms with E-state index in [2.05, 4.69) is 9.27 Å². The quantitative estimate of drug-likeness (QED) is 0.322. The van der Waals surface area contributed by atoms with E-state index < -0.39 is 22.5 Å². The van der Waals surface area contributed by atoms with E-state index in [4.69, 9.17) is 4.74 Å². The number of hydrogen-bond acceptors (Lipinski definition) is 8. The number of ether oxygens (including phenoxy) is 1. The largest absolute Gasteiger partial charge is 1.00 e. The van der Waals surface area contributed by atoms with Crippen LogP contribution in [0.5, 0.6) is 5.19 Å². The molecule has 1 saturated heterocycles. The molecule has 2 bridgehead atoms. The van der Waals surface area contributed by atoms with Gasteiger partial charge in [-0.1, -0.05) is 17.4 Å². The molecule has 1 fully saturated rings. The Balaban J connectivity index is 0.00000176. The maximum absolute atomic E-state index is 12.0. The molecule has 1 aromatic rings. The molecule has 12 heteroatoms. The predicted octanol–water partition coefficient (Wildman–Crippen LogP) is -2.95. The zero-order chi connectivity index (χ0) is 15.2. The smallest absolute Gasteiger partial charge is 0.724 e. The first kappa shape index (κ1) is 17.7. The minimum Gasteiger partial charge on any atom is -0.724 e. The number of aromatic nitrogens is 1. The molecule has 3 rings (SSSR count). The normalized spacial score (nSPS) is 20.7. The minimum absolute atomic E-state index is 0. The summed E-state index contributed by atoms with van der Waals surface area (Å²) >= 11 is 1.31. The molecule has 2 amide bonds. The summed E-state index contributed by atoms with van der Waals surface area (Å²) in [5, 5.41) is 1.08. The maximum Gasteiger partial charge on any atom is 1.00 e. The summed E-state index contributed by atoms with van der Waals surface area (Å²) in [7, 11) is -3.49. The van der Waals surface area contributed by atoms with Crippen LogP contribution in [0.25, 0.3) is 5.57 Å². The third-order valence-corrected chi connectivity index (χ3v) is 4.45. The molecule has 1 unspecified atom stereocenters. The molecule has 0 saturated carbocycles. The average Bonchev–Trinajstić information content (AvgIpc) is 2.97. The predicted molar refractivity (Wildman–Crippen MR) is 70.0 cm³/mol. The molecule has 0 N–H and O–H groups in total. The molecule has 0 spiro atoms. The van der Waals surface area contributed by atoms with Gasteiger partial charge in [0.25, 0.3) is 5.19 Å². The Hall–Kier alpha value is -0.690. The van der Waals surface area contributed by atoms with Gasteiger partial charge < -0.3 is 14.2 Å². The number of rotatable bonds is 4. The van der Waals surface area contributed by atoms with E-state index in [-0.39, 0.29) is 36.1 Å². The third-order valence-electron chi connectivity index (χ3n) is 3.07. The number of hydrogen-bond donors (Lipinski definition) is 0.